The molecule has 1 rings (SSSR count). The molecule has 0 amide bonds. The summed E-state index contributed by atoms with van der Waals surface area (Å²) in [6.07, 6.45) is 0. The second-order valence-electron chi connectivity index (χ2n) is 2.71. The average Bonchev–Trinajstić information content (AvgIpc) is 2.33. The van der Waals surface area contributed by atoms with Crippen LogP contribution in [0.2, 0.25) is 0 Å². The standard InChI is InChI=1S/C9H12O2S/c1-6-4-9(12-7(6)2)8(10)5-11-3/h4H,5H2,1-3H3. The Morgan fingerprint density at radius 1 is 1.58 bits per heavy atom. The zero-order valence-electron chi connectivity index (χ0n) is 7.51. The number of hydrogen-bond donors (Lipinski definition) is 0. The molecule has 0 N–H and O–H groups in total. The monoisotopic (exact) mass is 184 g/mol. The molecule has 0 spiro atoms. The van der Waals surface area contributed by atoms with Crippen LogP contribution >= 0.6 is 11.3 Å². The van der Waals surface area contributed by atoms with E-state index in [1.807, 2.05) is 19.9 Å². The van der Waals surface area contributed by atoms with Crippen LogP contribution in [0.1, 0.15) is 20.1 Å². The predicted octanol–water partition coefficient (Wildman–Crippen LogP) is 2.19. The molecule has 0 radical (unpaired) electrons. The first-order chi connectivity index (χ1) is 5.65. The van der Waals surface area contributed by atoms with Crippen LogP contribution in [-0.2, 0) is 4.74 Å². The zero-order chi connectivity index (χ0) is 9.14. The molecular weight excluding hydrogens is 172 g/mol. The Bertz CT molecular complexity index is 269. The van der Waals surface area contributed by atoms with Gasteiger partial charge in [0.15, 0.2) is 5.78 Å². The molecular formula is C9H12O2S. The van der Waals surface area contributed by atoms with Gasteiger partial charge in [-0.1, -0.05) is 0 Å². The van der Waals surface area contributed by atoms with Gasteiger partial charge >= 0.3 is 0 Å². The van der Waals surface area contributed by atoms with Gasteiger partial charge in [-0.25, -0.2) is 0 Å². The van der Waals surface area contributed by atoms with Gasteiger partial charge in [0.25, 0.3) is 0 Å². The Morgan fingerprint density at radius 3 is 2.67 bits per heavy atom. The topological polar surface area (TPSA) is 26.3 Å². The van der Waals surface area contributed by atoms with E-state index in [9.17, 15) is 4.79 Å². The minimum absolute atomic E-state index is 0.0682. The van der Waals surface area contributed by atoms with E-state index in [0.717, 1.165) is 4.88 Å². The predicted molar refractivity (Wildman–Crippen MR) is 50.0 cm³/mol. The van der Waals surface area contributed by atoms with Crippen molar-refractivity contribution in [3.05, 3.63) is 21.4 Å². The highest BCUT2D eigenvalue weighted by Crippen LogP contribution is 2.20. The molecule has 3 heteroatoms. The number of aryl methyl sites for hydroxylation is 2. The lowest BCUT2D eigenvalue weighted by molar-refractivity contribution is 0.0852. The first-order valence-corrected chi connectivity index (χ1v) is 4.56. The second kappa shape index (κ2) is 3.83. The molecule has 0 aromatic carbocycles. The summed E-state index contributed by atoms with van der Waals surface area (Å²) < 4.78 is 4.76. The zero-order valence-corrected chi connectivity index (χ0v) is 8.33. The Labute approximate surface area is 76.2 Å². The molecule has 0 saturated heterocycles. The summed E-state index contributed by atoms with van der Waals surface area (Å²) in [5.74, 6) is 0.0682. The fraction of sp³-hybridized carbons (Fsp3) is 0.444. The number of Topliss-reactive ketones (excluding diaryl/α,β-unsaturated/α-hetero) is 1. The summed E-state index contributed by atoms with van der Waals surface area (Å²) in [5, 5.41) is 0. The van der Waals surface area contributed by atoms with E-state index < -0.39 is 0 Å². The molecule has 2 nitrogen and oxygen atoms in total. The van der Waals surface area contributed by atoms with Crippen molar-refractivity contribution in [3.8, 4) is 0 Å². The van der Waals surface area contributed by atoms with Gasteiger partial charge in [0.05, 0.1) is 4.88 Å². The van der Waals surface area contributed by atoms with Gasteiger partial charge in [0.1, 0.15) is 6.61 Å². The number of hydrogen-bond acceptors (Lipinski definition) is 3. The molecule has 0 atom stereocenters. The average molecular weight is 184 g/mol. The molecule has 1 heterocycles. The lowest BCUT2D eigenvalue weighted by Gasteiger charge is -1.92. The largest absolute Gasteiger partial charge is 0.376 e. The number of carbonyl (C=O) groups is 1. The van der Waals surface area contributed by atoms with Crippen molar-refractivity contribution in [1.29, 1.82) is 0 Å². The van der Waals surface area contributed by atoms with E-state index in [-0.39, 0.29) is 12.4 Å². The lowest BCUT2D eigenvalue weighted by Crippen LogP contribution is -2.04. The Morgan fingerprint density at radius 2 is 2.25 bits per heavy atom. The smallest absolute Gasteiger partial charge is 0.198 e. The third-order valence-corrected chi connectivity index (χ3v) is 2.91. The maximum absolute atomic E-state index is 11.3. The normalized spacial score (nSPS) is 10.2. The van der Waals surface area contributed by atoms with Crippen LogP contribution < -0.4 is 0 Å². The van der Waals surface area contributed by atoms with Gasteiger partial charge in [-0.2, -0.15) is 0 Å². The molecule has 0 saturated carbocycles. The maximum Gasteiger partial charge on any atom is 0.198 e. The Hall–Kier alpha value is -0.670. The number of carbonyl (C=O) groups excluding carboxylic acids is 1. The van der Waals surface area contributed by atoms with Crippen molar-refractivity contribution in [3.63, 3.8) is 0 Å². The van der Waals surface area contributed by atoms with Crippen LogP contribution in [0.3, 0.4) is 0 Å². The van der Waals surface area contributed by atoms with Crippen molar-refractivity contribution in [2.45, 2.75) is 13.8 Å². The van der Waals surface area contributed by atoms with Crippen LogP contribution in [0.4, 0.5) is 0 Å². The van der Waals surface area contributed by atoms with E-state index in [2.05, 4.69) is 0 Å². The summed E-state index contributed by atoms with van der Waals surface area (Å²) in [6.45, 7) is 4.21. The van der Waals surface area contributed by atoms with Gasteiger partial charge in [-0.15, -0.1) is 11.3 Å². The molecule has 0 fully saturated rings. The third-order valence-electron chi connectivity index (χ3n) is 1.72. The van der Waals surface area contributed by atoms with Crippen LogP contribution in [0.15, 0.2) is 6.07 Å². The number of ether oxygens (including phenoxy) is 1. The van der Waals surface area contributed by atoms with E-state index in [1.165, 1.54) is 28.9 Å². The van der Waals surface area contributed by atoms with E-state index in [1.54, 1.807) is 0 Å². The lowest BCUT2D eigenvalue weighted by atomic mass is 10.2. The number of rotatable bonds is 3. The van der Waals surface area contributed by atoms with Crippen LogP contribution in [-0.4, -0.2) is 19.5 Å². The summed E-state index contributed by atoms with van der Waals surface area (Å²) in [7, 11) is 1.53. The second-order valence-corrected chi connectivity index (χ2v) is 3.96. The molecule has 0 bridgehead atoms. The van der Waals surface area contributed by atoms with Crippen LogP contribution in [0.25, 0.3) is 0 Å². The summed E-state index contributed by atoms with van der Waals surface area (Å²) >= 11 is 1.53. The van der Waals surface area contributed by atoms with Crippen molar-refractivity contribution in [1.82, 2.24) is 0 Å². The molecule has 66 valence electrons. The molecule has 0 aliphatic rings. The summed E-state index contributed by atoms with van der Waals surface area (Å²) in [4.78, 5) is 13.3. The Kier molecular flexibility index (Phi) is 3.00. The first-order valence-electron chi connectivity index (χ1n) is 3.74. The van der Waals surface area contributed by atoms with Gasteiger partial charge < -0.3 is 4.74 Å². The molecule has 0 aliphatic heterocycles. The van der Waals surface area contributed by atoms with Crippen molar-refractivity contribution in [2.24, 2.45) is 0 Å². The highest BCUT2D eigenvalue weighted by atomic mass is 32.1. The number of thiophene rings is 1. The van der Waals surface area contributed by atoms with Crippen LogP contribution in [0, 0.1) is 13.8 Å². The first kappa shape index (κ1) is 9.42. The fourth-order valence-corrected chi connectivity index (χ4v) is 1.87. The molecule has 1 aromatic rings. The van der Waals surface area contributed by atoms with E-state index in [0.29, 0.717) is 0 Å². The molecule has 0 aliphatic carbocycles. The minimum atomic E-state index is 0.0682. The van der Waals surface area contributed by atoms with Gasteiger partial charge in [0.2, 0.25) is 0 Å². The summed E-state index contributed by atoms with van der Waals surface area (Å²) in [5.41, 5.74) is 1.18. The number of ketones is 1. The fourth-order valence-electron chi connectivity index (χ4n) is 0.913. The van der Waals surface area contributed by atoms with E-state index >= 15 is 0 Å². The third kappa shape index (κ3) is 1.93. The van der Waals surface area contributed by atoms with Gasteiger partial charge in [-0.3, -0.25) is 4.79 Å². The van der Waals surface area contributed by atoms with Crippen molar-refractivity contribution >= 4 is 17.1 Å². The minimum Gasteiger partial charge on any atom is -0.376 e. The molecule has 0 unspecified atom stereocenters. The quantitative estimate of drug-likeness (QED) is 0.673. The van der Waals surface area contributed by atoms with Crippen molar-refractivity contribution in [2.75, 3.05) is 13.7 Å². The summed E-state index contributed by atoms with van der Waals surface area (Å²) in [6, 6.07) is 1.92. The highest BCUT2D eigenvalue weighted by Gasteiger charge is 2.09. The molecule has 12 heavy (non-hydrogen) atoms. The molecule has 1 aromatic heterocycles. The Balaban J connectivity index is 2.82. The SMILES string of the molecule is COCC(=O)c1cc(C)c(C)s1. The van der Waals surface area contributed by atoms with Crippen LogP contribution in [0.5, 0.6) is 0 Å². The maximum atomic E-state index is 11.3. The number of methoxy groups -OCH3 is 1. The van der Waals surface area contributed by atoms with Gasteiger partial charge in [0, 0.05) is 12.0 Å². The van der Waals surface area contributed by atoms with Crippen molar-refractivity contribution < 1.29 is 9.53 Å². The van der Waals surface area contributed by atoms with E-state index in [4.69, 9.17) is 4.74 Å². The highest BCUT2D eigenvalue weighted by molar-refractivity contribution is 7.14. The van der Waals surface area contributed by atoms with Gasteiger partial charge in [-0.05, 0) is 25.5 Å².